The number of carbonyl (C=O) groups is 1. The molecule has 2 rings (SSSR count). The molecule has 1 unspecified atom stereocenters. The number of rotatable bonds is 5. The smallest absolute Gasteiger partial charge is 0.265 e. The van der Waals surface area contributed by atoms with Crippen LogP contribution in [0, 0.1) is 0 Å². The third-order valence-corrected chi connectivity index (χ3v) is 3.67. The Morgan fingerprint density at radius 3 is 2.71 bits per heavy atom. The van der Waals surface area contributed by atoms with Crippen LogP contribution in [0.25, 0.3) is 0 Å². The van der Waals surface area contributed by atoms with Gasteiger partial charge in [-0.1, -0.05) is 18.2 Å². The first-order valence-corrected chi connectivity index (χ1v) is 7.78. The Labute approximate surface area is 128 Å². The SMILES string of the molecule is CSc1ccccc1OC(C)C(=O)Nc1cccc(N)c1. The Bertz CT molecular complexity index is 631. The van der Waals surface area contributed by atoms with Crippen molar-refractivity contribution in [3.05, 3.63) is 48.5 Å². The number of thioether (sulfide) groups is 1. The van der Waals surface area contributed by atoms with Gasteiger partial charge in [-0.25, -0.2) is 0 Å². The topological polar surface area (TPSA) is 64.3 Å². The lowest BCUT2D eigenvalue weighted by molar-refractivity contribution is -0.122. The summed E-state index contributed by atoms with van der Waals surface area (Å²) in [6.45, 7) is 1.72. The molecule has 4 nitrogen and oxygen atoms in total. The van der Waals surface area contributed by atoms with Crippen LogP contribution in [0.3, 0.4) is 0 Å². The molecule has 2 aromatic rings. The Hall–Kier alpha value is -2.14. The molecule has 1 amide bonds. The summed E-state index contributed by atoms with van der Waals surface area (Å²) in [6.07, 6.45) is 1.37. The Morgan fingerprint density at radius 1 is 1.24 bits per heavy atom. The second-order valence-corrected chi connectivity index (χ2v) is 5.37. The zero-order valence-corrected chi connectivity index (χ0v) is 12.8. The fraction of sp³-hybridized carbons (Fsp3) is 0.188. The third kappa shape index (κ3) is 4.16. The average Bonchev–Trinajstić information content (AvgIpc) is 2.47. The first kappa shape index (κ1) is 15.3. The van der Waals surface area contributed by atoms with Gasteiger partial charge in [0.2, 0.25) is 0 Å². The summed E-state index contributed by atoms with van der Waals surface area (Å²) in [4.78, 5) is 13.1. The molecule has 0 saturated carbocycles. The quantitative estimate of drug-likeness (QED) is 0.656. The number of ether oxygens (including phenoxy) is 1. The van der Waals surface area contributed by atoms with Crippen molar-refractivity contribution in [1.29, 1.82) is 0 Å². The van der Waals surface area contributed by atoms with Gasteiger partial charge < -0.3 is 15.8 Å². The molecular weight excluding hydrogens is 284 g/mol. The number of amides is 1. The normalized spacial score (nSPS) is 11.7. The van der Waals surface area contributed by atoms with Crippen LogP contribution in [-0.2, 0) is 4.79 Å². The molecule has 0 aliphatic heterocycles. The summed E-state index contributed by atoms with van der Waals surface area (Å²) < 4.78 is 5.74. The maximum Gasteiger partial charge on any atom is 0.265 e. The first-order chi connectivity index (χ1) is 10.1. The molecule has 0 aromatic heterocycles. The molecule has 21 heavy (non-hydrogen) atoms. The van der Waals surface area contributed by atoms with E-state index in [-0.39, 0.29) is 5.91 Å². The van der Waals surface area contributed by atoms with Crippen molar-refractivity contribution in [2.45, 2.75) is 17.9 Å². The molecule has 0 radical (unpaired) electrons. The van der Waals surface area contributed by atoms with Gasteiger partial charge in [-0.15, -0.1) is 11.8 Å². The minimum atomic E-state index is -0.597. The lowest BCUT2D eigenvalue weighted by Crippen LogP contribution is -2.30. The van der Waals surface area contributed by atoms with E-state index in [1.807, 2.05) is 30.5 Å². The summed E-state index contributed by atoms with van der Waals surface area (Å²) in [7, 11) is 0. The summed E-state index contributed by atoms with van der Waals surface area (Å²) in [5.74, 6) is 0.497. The van der Waals surface area contributed by atoms with Gasteiger partial charge >= 0.3 is 0 Å². The molecule has 5 heteroatoms. The van der Waals surface area contributed by atoms with Crippen molar-refractivity contribution in [3.63, 3.8) is 0 Å². The second kappa shape index (κ2) is 7.04. The van der Waals surface area contributed by atoms with Gasteiger partial charge in [0.25, 0.3) is 5.91 Å². The van der Waals surface area contributed by atoms with E-state index >= 15 is 0 Å². The molecule has 0 spiro atoms. The molecule has 1 atom stereocenters. The zero-order valence-electron chi connectivity index (χ0n) is 12.0. The van der Waals surface area contributed by atoms with E-state index in [9.17, 15) is 4.79 Å². The number of nitrogens with two attached hydrogens (primary N) is 1. The predicted molar refractivity (Wildman–Crippen MR) is 87.8 cm³/mol. The lowest BCUT2D eigenvalue weighted by atomic mass is 10.2. The van der Waals surface area contributed by atoms with Gasteiger partial charge in [-0.2, -0.15) is 0 Å². The van der Waals surface area contributed by atoms with Gasteiger partial charge in [0, 0.05) is 16.3 Å². The van der Waals surface area contributed by atoms with E-state index in [1.54, 1.807) is 43.0 Å². The van der Waals surface area contributed by atoms with Crippen molar-refractivity contribution in [2.75, 3.05) is 17.3 Å². The summed E-state index contributed by atoms with van der Waals surface area (Å²) >= 11 is 1.58. The van der Waals surface area contributed by atoms with Crippen LogP contribution in [0.1, 0.15) is 6.92 Å². The van der Waals surface area contributed by atoms with Crippen molar-refractivity contribution in [1.82, 2.24) is 0 Å². The van der Waals surface area contributed by atoms with E-state index < -0.39 is 6.10 Å². The highest BCUT2D eigenvalue weighted by Crippen LogP contribution is 2.27. The molecule has 0 bridgehead atoms. The lowest BCUT2D eigenvalue weighted by Gasteiger charge is -2.16. The number of para-hydroxylation sites is 1. The highest BCUT2D eigenvalue weighted by atomic mass is 32.2. The van der Waals surface area contributed by atoms with Crippen molar-refractivity contribution < 1.29 is 9.53 Å². The molecule has 110 valence electrons. The summed E-state index contributed by atoms with van der Waals surface area (Å²) in [5.41, 5.74) is 6.95. The molecule has 0 aliphatic carbocycles. The van der Waals surface area contributed by atoms with Crippen LogP contribution in [-0.4, -0.2) is 18.3 Å². The Kier molecular flexibility index (Phi) is 5.11. The molecular formula is C16H18N2O2S. The monoisotopic (exact) mass is 302 g/mol. The van der Waals surface area contributed by atoms with Crippen LogP contribution >= 0.6 is 11.8 Å². The van der Waals surface area contributed by atoms with Crippen molar-refractivity contribution >= 4 is 29.0 Å². The van der Waals surface area contributed by atoms with Crippen LogP contribution in [0.5, 0.6) is 5.75 Å². The first-order valence-electron chi connectivity index (χ1n) is 6.56. The van der Waals surface area contributed by atoms with E-state index in [0.29, 0.717) is 17.1 Å². The minimum absolute atomic E-state index is 0.212. The molecule has 2 aromatic carbocycles. The fourth-order valence-corrected chi connectivity index (χ4v) is 2.35. The number of hydrogen-bond acceptors (Lipinski definition) is 4. The van der Waals surface area contributed by atoms with E-state index in [4.69, 9.17) is 10.5 Å². The summed E-state index contributed by atoms with van der Waals surface area (Å²) in [5, 5.41) is 2.79. The van der Waals surface area contributed by atoms with E-state index in [2.05, 4.69) is 5.32 Å². The van der Waals surface area contributed by atoms with Crippen LogP contribution in [0.15, 0.2) is 53.4 Å². The maximum atomic E-state index is 12.1. The fourth-order valence-electron chi connectivity index (χ4n) is 1.82. The van der Waals surface area contributed by atoms with Crippen LogP contribution in [0.2, 0.25) is 0 Å². The predicted octanol–water partition coefficient (Wildman–Crippen LogP) is 3.40. The average molecular weight is 302 g/mol. The highest BCUT2D eigenvalue weighted by Gasteiger charge is 2.16. The van der Waals surface area contributed by atoms with Crippen LogP contribution < -0.4 is 15.8 Å². The van der Waals surface area contributed by atoms with Gasteiger partial charge in [-0.05, 0) is 43.5 Å². The largest absolute Gasteiger partial charge is 0.480 e. The summed E-state index contributed by atoms with van der Waals surface area (Å²) in [6, 6.07) is 14.7. The van der Waals surface area contributed by atoms with Gasteiger partial charge in [0.15, 0.2) is 6.10 Å². The highest BCUT2D eigenvalue weighted by molar-refractivity contribution is 7.98. The van der Waals surface area contributed by atoms with Crippen molar-refractivity contribution in [3.8, 4) is 5.75 Å². The van der Waals surface area contributed by atoms with Gasteiger partial charge in [0.1, 0.15) is 5.75 Å². The number of nitrogens with one attached hydrogen (secondary N) is 1. The Balaban J connectivity index is 2.02. The molecule has 0 fully saturated rings. The molecule has 3 N–H and O–H groups in total. The number of carbonyl (C=O) groups excluding carboxylic acids is 1. The van der Waals surface area contributed by atoms with E-state index in [0.717, 1.165) is 4.90 Å². The number of anilines is 2. The molecule has 0 aliphatic rings. The van der Waals surface area contributed by atoms with Crippen LogP contribution in [0.4, 0.5) is 11.4 Å². The Morgan fingerprint density at radius 2 is 2.00 bits per heavy atom. The molecule has 0 saturated heterocycles. The maximum absolute atomic E-state index is 12.1. The second-order valence-electron chi connectivity index (χ2n) is 4.53. The third-order valence-electron chi connectivity index (χ3n) is 2.90. The van der Waals surface area contributed by atoms with Gasteiger partial charge in [0.05, 0.1) is 0 Å². The standard InChI is InChI=1S/C16H18N2O2S/c1-11(20-14-8-3-4-9-15(14)21-2)16(19)18-13-7-5-6-12(17)10-13/h3-11H,17H2,1-2H3,(H,18,19). The number of benzene rings is 2. The number of hydrogen-bond donors (Lipinski definition) is 2. The zero-order chi connectivity index (χ0) is 15.2. The molecule has 0 heterocycles. The number of nitrogen functional groups attached to an aromatic ring is 1. The van der Waals surface area contributed by atoms with Crippen molar-refractivity contribution in [2.24, 2.45) is 0 Å². The minimum Gasteiger partial charge on any atom is -0.480 e. The van der Waals surface area contributed by atoms with Gasteiger partial charge in [-0.3, -0.25) is 4.79 Å². The van der Waals surface area contributed by atoms with E-state index in [1.165, 1.54) is 0 Å².